The molecule has 0 radical (unpaired) electrons. The summed E-state index contributed by atoms with van der Waals surface area (Å²) in [7, 11) is 0. The molecule has 0 unspecified atom stereocenters. The maximum atomic E-state index is 2.39. The van der Waals surface area contributed by atoms with Crippen LogP contribution >= 0.6 is 0 Å². The second-order valence-corrected chi connectivity index (χ2v) is 7.38. The van der Waals surface area contributed by atoms with Gasteiger partial charge in [0.1, 0.15) is 0 Å². The van der Waals surface area contributed by atoms with Crippen LogP contribution in [0, 0.1) is 0 Å². The van der Waals surface area contributed by atoms with Crippen molar-refractivity contribution >= 4 is 26.2 Å². The van der Waals surface area contributed by atoms with Gasteiger partial charge in [-0.1, -0.05) is 0 Å². The fraction of sp³-hybridized carbons (Fsp3) is 0. The van der Waals surface area contributed by atoms with E-state index in [9.17, 15) is 0 Å². The van der Waals surface area contributed by atoms with Crippen molar-refractivity contribution in [3.8, 4) is 0 Å². The maximum absolute atomic E-state index is 2.39. The molecule has 1 aliphatic heterocycles. The molecule has 0 atom stereocenters. The van der Waals surface area contributed by atoms with Crippen molar-refractivity contribution in [2.24, 2.45) is 0 Å². The first-order valence-electron chi connectivity index (χ1n) is 3.88. The zero-order valence-electron chi connectivity index (χ0n) is 6.33. The van der Waals surface area contributed by atoms with Gasteiger partial charge in [0.2, 0.25) is 0 Å². The Hall–Kier alpha value is -0.430. The average molecular weight is 244 g/mol. The quantitative estimate of drug-likeness (QED) is 0.708. The molecule has 1 aromatic carbocycles. The zero-order valence-corrected chi connectivity index (χ0v) is 10.4. The molecule has 1 aliphatic rings. The molecular formula is C10H9In. The molecule has 0 spiro atoms. The molecular weight excluding hydrogens is 235 g/mol. The standard InChI is InChI=1S/C10H8.In.H/c1-2-3-7-10-8-5-4-6-9-10;;/h1-6,8-9H;;. The Morgan fingerprint density at radius 1 is 1.00 bits per heavy atom. The molecule has 0 saturated heterocycles. The molecule has 1 heteroatoms. The summed E-state index contributed by atoms with van der Waals surface area (Å²) in [6, 6.07) is 10.7. The van der Waals surface area contributed by atoms with Crippen molar-refractivity contribution in [3.05, 3.63) is 51.9 Å². The fourth-order valence-electron chi connectivity index (χ4n) is 1.31. The predicted octanol–water partition coefficient (Wildman–Crippen LogP) is 1.99. The molecule has 0 nitrogen and oxygen atoms in total. The number of rotatable bonds is 1. The summed E-state index contributed by atoms with van der Waals surface area (Å²) in [5.41, 5.74) is 1.44. The van der Waals surface area contributed by atoms with Crippen LogP contribution < -0.4 is 0 Å². The minimum atomic E-state index is -0.648. The van der Waals surface area contributed by atoms with Gasteiger partial charge in [-0.15, -0.1) is 0 Å². The monoisotopic (exact) mass is 244 g/mol. The number of hydrogen-bond acceptors (Lipinski definition) is 0. The van der Waals surface area contributed by atoms with Crippen molar-refractivity contribution in [2.45, 2.75) is 0 Å². The summed E-state index contributed by atoms with van der Waals surface area (Å²) in [5.74, 6) is 0. The molecule has 52 valence electrons. The Morgan fingerprint density at radius 3 is 2.45 bits per heavy atom. The second kappa shape index (κ2) is 3.31. The molecule has 2 rings (SSSR count). The Kier molecular flexibility index (Phi) is 2.18. The van der Waals surface area contributed by atoms with E-state index in [1.165, 1.54) is 5.56 Å². The van der Waals surface area contributed by atoms with E-state index in [4.69, 9.17) is 0 Å². The van der Waals surface area contributed by atoms with E-state index in [-0.39, 0.29) is 0 Å². The fourth-order valence-corrected chi connectivity index (χ4v) is 4.94. The summed E-state index contributed by atoms with van der Waals surface area (Å²) in [6.45, 7) is 0. The van der Waals surface area contributed by atoms with E-state index in [2.05, 4.69) is 46.3 Å². The van der Waals surface area contributed by atoms with E-state index >= 15 is 0 Å². The van der Waals surface area contributed by atoms with Crippen LogP contribution in [-0.2, 0) is 0 Å². The molecule has 0 bridgehead atoms. The second-order valence-electron chi connectivity index (χ2n) is 2.69. The van der Waals surface area contributed by atoms with Crippen molar-refractivity contribution in [2.75, 3.05) is 0 Å². The third-order valence-electron chi connectivity index (χ3n) is 1.92. The van der Waals surface area contributed by atoms with E-state index in [1.807, 2.05) is 0 Å². The van der Waals surface area contributed by atoms with Crippen LogP contribution in [0.1, 0.15) is 5.56 Å². The van der Waals surface area contributed by atoms with Gasteiger partial charge in [-0.2, -0.15) is 0 Å². The molecule has 1 aromatic rings. The molecule has 0 aromatic heterocycles. The summed E-state index contributed by atoms with van der Waals surface area (Å²) in [4.78, 5) is 0. The third kappa shape index (κ3) is 1.59. The average Bonchev–Trinajstić information content (AvgIpc) is 2.58. The minimum absolute atomic E-state index is 0.648. The Labute approximate surface area is 78.0 Å². The van der Waals surface area contributed by atoms with Crippen LogP contribution in [0.15, 0.2) is 46.3 Å². The van der Waals surface area contributed by atoms with Crippen LogP contribution in [0.5, 0.6) is 0 Å². The van der Waals surface area contributed by atoms with Gasteiger partial charge in [-0.05, 0) is 0 Å². The molecule has 0 saturated carbocycles. The van der Waals surface area contributed by atoms with E-state index in [1.54, 1.807) is 3.33 Å². The summed E-state index contributed by atoms with van der Waals surface area (Å²) in [6.07, 6.45) is 4.48. The van der Waals surface area contributed by atoms with Gasteiger partial charge in [-0.3, -0.25) is 0 Å². The van der Waals surface area contributed by atoms with E-state index in [0.29, 0.717) is 0 Å². The predicted molar refractivity (Wildman–Crippen MR) is 50.7 cm³/mol. The van der Waals surface area contributed by atoms with E-state index in [0.717, 1.165) is 0 Å². The van der Waals surface area contributed by atoms with Crippen LogP contribution in [-0.4, -0.2) is 22.9 Å². The van der Waals surface area contributed by atoms with Gasteiger partial charge in [0, 0.05) is 0 Å². The summed E-state index contributed by atoms with van der Waals surface area (Å²) in [5, 5.41) is 0. The van der Waals surface area contributed by atoms with E-state index < -0.39 is 22.9 Å². The molecule has 0 fully saturated rings. The Bertz CT molecular complexity index is 296. The number of hydrogen-bond donors (Lipinski definition) is 0. The van der Waals surface area contributed by atoms with Crippen molar-refractivity contribution in [1.29, 1.82) is 0 Å². The SMILES string of the molecule is C1=[CH][InH][C](c2ccccc2)=C1. The van der Waals surface area contributed by atoms with Gasteiger partial charge in [-0.25, -0.2) is 0 Å². The van der Waals surface area contributed by atoms with Gasteiger partial charge in [0.15, 0.2) is 0 Å². The number of benzene rings is 1. The van der Waals surface area contributed by atoms with Gasteiger partial charge in [0.25, 0.3) is 0 Å². The van der Waals surface area contributed by atoms with Crippen LogP contribution in [0.4, 0.5) is 0 Å². The molecule has 0 aliphatic carbocycles. The summed E-state index contributed by atoms with van der Waals surface area (Å²) < 4.78 is 4.02. The van der Waals surface area contributed by atoms with Gasteiger partial charge in [0.05, 0.1) is 0 Å². The van der Waals surface area contributed by atoms with Crippen LogP contribution in [0.2, 0.25) is 0 Å². The molecule has 11 heavy (non-hydrogen) atoms. The first-order valence-corrected chi connectivity index (χ1v) is 8.23. The number of allylic oxidation sites excluding steroid dienone is 2. The van der Waals surface area contributed by atoms with Crippen molar-refractivity contribution < 1.29 is 0 Å². The Balaban J connectivity index is 2.31. The van der Waals surface area contributed by atoms with Crippen LogP contribution in [0.3, 0.4) is 0 Å². The molecule has 0 N–H and O–H groups in total. The summed E-state index contributed by atoms with van der Waals surface area (Å²) >= 11 is -0.648. The first-order chi connectivity index (χ1) is 5.47. The van der Waals surface area contributed by atoms with Gasteiger partial charge >= 0.3 is 78.1 Å². The zero-order chi connectivity index (χ0) is 7.52. The van der Waals surface area contributed by atoms with Crippen molar-refractivity contribution in [3.63, 3.8) is 0 Å². The molecule has 0 amide bonds. The first kappa shape index (κ1) is 7.23. The third-order valence-corrected chi connectivity index (χ3v) is 6.46. The van der Waals surface area contributed by atoms with Crippen LogP contribution in [0.25, 0.3) is 3.33 Å². The molecule has 1 heterocycles. The topological polar surface area (TPSA) is 0 Å². The van der Waals surface area contributed by atoms with Crippen molar-refractivity contribution in [1.82, 2.24) is 0 Å². The normalized spacial score (nSPS) is 14.4. The van der Waals surface area contributed by atoms with Gasteiger partial charge < -0.3 is 0 Å². The Morgan fingerprint density at radius 2 is 1.82 bits per heavy atom.